The summed E-state index contributed by atoms with van der Waals surface area (Å²) in [5.74, 6) is -0.670. The summed E-state index contributed by atoms with van der Waals surface area (Å²) in [6, 6.07) is 7.93. The molecule has 1 aromatic heterocycles. The van der Waals surface area contributed by atoms with E-state index in [-0.39, 0.29) is 23.1 Å². The Kier molecular flexibility index (Phi) is 5.13. The molecule has 2 amide bonds. The van der Waals surface area contributed by atoms with Crippen molar-refractivity contribution in [2.45, 2.75) is 20.8 Å². The lowest BCUT2D eigenvalue weighted by atomic mass is 10.1. The van der Waals surface area contributed by atoms with Crippen molar-refractivity contribution in [3.05, 3.63) is 51.9 Å². The summed E-state index contributed by atoms with van der Waals surface area (Å²) in [6.07, 6.45) is 0. The van der Waals surface area contributed by atoms with E-state index in [2.05, 4.69) is 15.7 Å². The molecule has 7 heteroatoms. The van der Waals surface area contributed by atoms with Gasteiger partial charge in [0.25, 0.3) is 11.5 Å². The molecule has 0 saturated heterocycles. The number of hydrogen-bond donors (Lipinski definition) is 2. The van der Waals surface area contributed by atoms with Gasteiger partial charge in [0.15, 0.2) is 0 Å². The number of amides is 2. The number of aromatic nitrogens is 2. The first-order valence-electron chi connectivity index (χ1n) is 7.55. The van der Waals surface area contributed by atoms with Gasteiger partial charge in [0.2, 0.25) is 5.91 Å². The monoisotopic (exact) mass is 328 g/mol. The standard InChI is InChI=1S/C17H20N4O3/c1-10(2)16(23)18-12-6-5-11(3)14(9-12)19-17(24)13-7-8-15(22)21(4)20-13/h5-10H,1-4H3,(H,18,23)(H,19,24). The molecular formula is C17H20N4O3. The lowest BCUT2D eigenvalue weighted by Gasteiger charge is -2.12. The van der Waals surface area contributed by atoms with Gasteiger partial charge in [-0.3, -0.25) is 14.4 Å². The Bertz CT molecular complexity index is 840. The molecule has 0 aliphatic carbocycles. The number of benzene rings is 1. The van der Waals surface area contributed by atoms with E-state index in [1.54, 1.807) is 32.0 Å². The van der Waals surface area contributed by atoms with Gasteiger partial charge >= 0.3 is 0 Å². The lowest BCUT2D eigenvalue weighted by Crippen LogP contribution is -2.24. The van der Waals surface area contributed by atoms with Crippen molar-refractivity contribution in [3.63, 3.8) is 0 Å². The summed E-state index contributed by atoms with van der Waals surface area (Å²) in [6.45, 7) is 5.45. The minimum Gasteiger partial charge on any atom is -0.326 e. The van der Waals surface area contributed by atoms with Gasteiger partial charge in [0.1, 0.15) is 5.69 Å². The lowest BCUT2D eigenvalue weighted by molar-refractivity contribution is -0.118. The van der Waals surface area contributed by atoms with Crippen LogP contribution in [0.2, 0.25) is 0 Å². The molecular weight excluding hydrogens is 308 g/mol. The highest BCUT2D eigenvalue weighted by molar-refractivity contribution is 6.03. The molecule has 1 heterocycles. The smallest absolute Gasteiger partial charge is 0.276 e. The third-order valence-electron chi connectivity index (χ3n) is 3.47. The average molecular weight is 328 g/mol. The van der Waals surface area contributed by atoms with Gasteiger partial charge in [-0.05, 0) is 30.7 Å². The Balaban J connectivity index is 2.22. The van der Waals surface area contributed by atoms with E-state index in [0.29, 0.717) is 11.4 Å². The topological polar surface area (TPSA) is 93.1 Å². The number of hydrogen-bond acceptors (Lipinski definition) is 4. The van der Waals surface area contributed by atoms with Crippen LogP contribution >= 0.6 is 0 Å². The van der Waals surface area contributed by atoms with Crippen molar-refractivity contribution in [2.24, 2.45) is 13.0 Å². The van der Waals surface area contributed by atoms with Gasteiger partial charge in [0, 0.05) is 30.4 Å². The molecule has 0 saturated carbocycles. The van der Waals surface area contributed by atoms with Crippen molar-refractivity contribution in [1.29, 1.82) is 0 Å². The Morgan fingerprint density at radius 1 is 1.12 bits per heavy atom. The molecule has 0 radical (unpaired) electrons. The number of carbonyl (C=O) groups is 2. The first kappa shape index (κ1) is 17.4. The maximum atomic E-state index is 12.3. The zero-order chi connectivity index (χ0) is 17.9. The number of rotatable bonds is 4. The predicted octanol–water partition coefficient (Wildman–Crippen LogP) is 1.94. The van der Waals surface area contributed by atoms with Crippen molar-refractivity contribution < 1.29 is 9.59 Å². The summed E-state index contributed by atoms with van der Waals surface area (Å²) < 4.78 is 1.10. The van der Waals surface area contributed by atoms with Crippen LogP contribution in [-0.4, -0.2) is 21.6 Å². The third-order valence-corrected chi connectivity index (χ3v) is 3.47. The highest BCUT2D eigenvalue weighted by atomic mass is 16.2. The predicted molar refractivity (Wildman–Crippen MR) is 92.1 cm³/mol. The highest BCUT2D eigenvalue weighted by Gasteiger charge is 2.12. The summed E-state index contributed by atoms with van der Waals surface area (Å²) >= 11 is 0. The number of nitrogens with zero attached hydrogens (tertiary/aromatic N) is 2. The summed E-state index contributed by atoms with van der Waals surface area (Å²) in [5.41, 5.74) is 1.85. The Labute approximate surface area is 139 Å². The van der Waals surface area contributed by atoms with Crippen LogP contribution in [-0.2, 0) is 11.8 Å². The van der Waals surface area contributed by atoms with E-state index in [1.807, 2.05) is 6.92 Å². The molecule has 2 N–H and O–H groups in total. The number of anilines is 2. The molecule has 126 valence electrons. The van der Waals surface area contributed by atoms with Crippen LogP contribution in [0, 0.1) is 12.8 Å². The van der Waals surface area contributed by atoms with Crippen molar-refractivity contribution in [3.8, 4) is 0 Å². The van der Waals surface area contributed by atoms with E-state index in [0.717, 1.165) is 10.2 Å². The van der Waals surface area contributed by atoms with Crippen LogP contribution < -0.4 is 16.2 Å². The zero-order valence-corrected chi connectivity index (χ0v) is 14.1. The average Bonchev–Trinajstić information content (AvgIpc) is 2.53. The molecule has 0 aliphatic rings. The summed E-state index contributed by atoms with van der Waals surface area (Å²) in [5, 5.41) is 9.45. The Hall–Kier alpha value is -2.96. The molecule has 7 nitrogen and oxygen atoms in total. The van der Waals surface area contributed by atoms with Crippen LogP contribution in [0.15, 0.2) is 35.1 Å². The fraction of sp³-hybridized carbons (Fsp3) is 0.294. The maximum absolute atomic E-state index is 12.3. The highest BCUT2D eigenvalue weighted by Crippen LogP contribution is 2.21. The minimum atomic E-state index is -0.430. The molecule has 24 heavy (non-hydrogen) atoms. The molecule has 0 bridgehead atoms. The van der Waals surface area contributed by atoms with Crippen LogP contribution in [0.1, 0.15) is 29.9 Å². The van der Waals surface area contributed by atoms with E-state index in [4.69, 9.17) is 0 Å². The number of aryl methyl sites for hydroxylation is 2. The first-order valence-corrected chi connectivity index (χ1v) is 7.55. The fourth-order valence-corrected chi connectivity index (χ4v) is 1.93. The summed E-state index contributed by atoms with van der Waals surface area (Å²) in [4.78, 5) is 35.4. The molecule has 1 aromatic carbocycles. The zero-order valence-electron chi connectivity index (χ0n) is 14.1. The van der Waals surface area contributed by atoms with Gasteiger partial charge < -0.3 is 10.6 Å². The van der Waals surface area contributed by atoms with Crippen molar-refractivity contribution in [1.82, 2.24) is 9.78 Å². The van der Waals surface area contributed by atoms with Crippen LogP contribution in [0.4, 0.5) is 11.4 Å². The van der Waals surface area contributed by atoms with E-state index in [1.165, 1.54) is 19.2 Å². The van der Waals surface area contributed by atoms with Gasteiger partial charge in [0.05, 0.1) is 0 Å². The van der Waals surface area contributed by atoms with Crippen LogP contribution in [0.3, 0.4) is 0 Å². The van der Waals surface area contributed by atoms with E-state index in [9.17, 15) is 14.4 Å². The molecule has 0 aliphatic heterocycles. The first-order chi connectivity index (χ1) is 11.3. The molecule has 0 spiro atoms. The second-order valence-corrected chi connectivity index (χ2v) is 5.81. The summed E-state index contributed by atoms with van der Waals surface area (Å²) in [7, 11) is 1.48. The van der Waals surface area contributed by atoms with Gasteiger partial charge in [-0.1, -0.05) is 19.9 Å². The molecule has 2 rings (SSSR count). The SMILES string of the molecule is Cc1ccc(NC(=O)C(C)C)cc1NC(=O)c1ccc(=O)n(C)n1. The molecule has 2 aromatic rings. The van der Waals surface area contributed by atoms with Crippen LogP contribution in [0.5, 0.6) is 0 Å². The number of carbonyl (C=O) groups excluding carboxylic acids is 2. The molecule has 0 fully saturated rings. The number of nitrogens with one attached hydrogen (secondary N) is 2. The van der Waals surface area contributed by atoms with E-state index >= 15 is 0 Å². The van der Waals surface area contributed by atoms with Gasteiger partial charge in [-0.15, -0.1) is 0 Å². The Morgan fingerprint density at radius 2 is 1.83 bits per heavy atom. The second-order valence-electron chi connectivity index (χ2n) is 5.81. The minimum absolute atomic E-state index is 0.101. The van der Waals surface area contributed by atoms with Gasteiger partial charge in [-0.2, -0.15) is 5.10 Å². The molecule has 0 unspecified atom stereocenters. The van der Waals surface area contributed by atoms with E-state index < -0.39 is 5.91 Å². The quantitative estimate of drug-likeness (QED) is 0.897. The normalized spacial score (nSPS) is 10.5. The third kappa shape index (κ3) is 4.07. The fourth-order valence-electron chi connectivity index (χ4n) is 1.93. The van der Waals surface area contributed by atoms with Crippen molar-refractivity contribution in [2.75, 3.05) is 10.6 Å². The van der Waals surface area contributed by atoms with Gasteiger partial charge in [-0.25, -0.2) is 4.68 Å². The molecule has 0 atom stereocenters. The maximum Gasteiger partial charge on any atom is 0.276 e. The second kappa shape index (κ2) is 7.08. The Morgan fingerprint density at radius 3 is 2.46 bits per heavy atom. The van der Waals surface area contributed by atoms with Crippen LogP contribution in [0.25, 0.3) is 0 Å². The van der Waals surface area contributed by atoms with Crippen molar-refractivity contribution >= 4 is 23.2 Å². The largest absolute Gasteiger partial charge is 0.326 e.